The molecule has 38 nitrogen and oxygen atoms in total. The molecule has 0 aliphatic carbocycles. The number of methoxy groups -OCH3 is 5. The van der Waals surface area contributed by atoms with Gasteiger partial charge in [0.05, 0.1) is 154 Å². The van der Waals surface area contributed by atoms with Crippen molar-refractivity contribution in [3.05, 3.63) is 286 Å². The number of nitrogens with one attached hydrogen (secondary N) is 2. The largest absolute Gasteiger partial charge is 0.748 e. The molecule has 9 aromatic rings. The van der Waals surface area contributed by atoms with Gasteiger partial charge in [-0.2, -0.15) is 8.42 Å². The fourth-order valence-corrected chi connectivity index (χ4v) is 14.5. The number of phenolic OH excluding ortho intramolecular Hbond substituents is 5. The number of aromatic carboxylic acids is 2. The van der Waals surface area contributed by atoms with Crippen molar-refractivity contribution in [2.75, 3.05) is 143 Å². The second-order valence-corrected chi connectivity index (χ2v) is 35.5. The molecule has 0 aromatic heterocycles. The van der Waals surface area contributed by atoms with Gasteiger partial charge in [-0.1, -0.05) is 78.9 Å². The van der Waals surface area contributed by atoms with Crippen molar-refractivity contribution in [1.82, 2.24) is 15.1 Å². The molecule has 738 valence electrons. The number of amides is 1. The third-order valence-electron chi connectivity index (χ3n) is 18.5. The summed E-state index contributed by atoms with van der Waals surface area (Å²) in [4.78, 5) is 109. The predicted octanol–water partition coefficient (Wildman–Crippen LogP) is 11.4. The number of esters is 2. The van der Waals surface area contributed by atoms with Crippen LogP contribution in [-0.2, 0) is 131 Å². The van der Waals surface area contributed by atoms with Gasteiger partial charge in [0, 0.05) is 142 Å². The van der Waals surface area contributed by atoms with E-state index in [9.17, 15) is 108 Å². The van der Waals surface area contributed by atoms with Crippen LogP contribution in [0.25, 0.3) is 11.9 Å². The maximum atomic E-state index is 13.1. The first-order chi connectivity index (χ1) is 61.3. The molecule has 2 aliphatic rings. The number of hydrogen-bond acceptors (Lipinski definition) is 32. The van der Waals surface area contributed by atoms with Crippen LogP contribution in [0.4, 0.5) is 0 Å². The van der Waals surface area contributed by atoms with Crippen LogP contribution in [0.1, 0.15) is 151 Å². The van der Waals surface area contributed by atoms with E-state index in [4.69, 9.17) is 34.5 Å². The Kier molecular flexibility index (Phi) is 55.8. The molecule has 0 spiro atoms. The van der Waals surface area contributed by atoms with Gasteiger partial charge in [-0.15, -0.1) is 0 Å². The van der Waals surface area contributed by atoms with Crippen LogP contribution in [0, 0.1) is 14.9 Å². The number of carbonyl (C=O) groups excluding carboxylic acids is 7. The monoisotopic (exact) mass is 2100 g/mol. The fraction of sp³-hybridized carbons (Fsp3) is 0.301. The van der Waals surface area contributed by atoms with Crippen molar-refractivity contribution in [2.24, 2.45) is 0 Å². The van der Waals surface area contributed by atoms with E-state index in [1.807, 2.05) is 87.5 Å². The van der Waals surface area contributed by atoms with Gasteiger partial charge in [0.2, 0.25) is 0 Å². The van der Waals surface area contributed by atoms with E-state index in [0.717, 1.165) is 17.7 Å². The van der Waals surface area contributed by atoms with E-state index in [-0.39, 0.29) is 195 Å². The second-order valence-electron chi connectivity index (χ2n) is 30.7. The number of benzene rings is 9. The second kappa shape index (κ2) is 59.8. The van der Waals surface area contributed by atoms with Gasteiger partial charge in [0.1, 0.15) is 19.4 Å². The summed E-state index contributed by atoms with van der Waals surface area (Å²) >= 11 is 0. The van der Waals surface area contributed by atoms with Gasteiger partial charge in [-0.05, 0) is 151 Å². The number of hydrogen-bond donors (Lipinski definition) is 8. The average Bonchev–Trinajstić information content (AvgIpc) is 1.00. The van der Waals surface area contributed by atoms with Gasteiger partial charge in [-0.25, -0.2) is 36.0 Å². The Bertz CT molecular complexity index is 5680. The number of ether oxygens (including phenoxy) is 6. The summed E-state index contributed by atoms with van der Waals surface area (Å²) in [5.74, 6) is -6.90. The number of phenols is 5. The molecule has 136 heavy (non-hydrogen) atoms. The molecule has 1 fully saturated rings. The molecular weight excluding hydrogens is 1990 g/mol. The molecule has 11 N–H and O–H groups in total. The molecule has 1 saturated heterocycles. The van der Waals surface area contributed by atoms with E-state index < -0.39 is 94.7 Å². The maximum absolute atomic E-state index is 13.1. The molecule has 9 aromatic carbocycles. The molecule has 0 saturated carbocycles. The molecule has 0 bridgehead atoms. The van der Waals surface area contributed by atoms with Crippen LogP contribution < -0.4 is 29.0 Å². The van der Waals surface area contributed by atoms with E-state index in [1.54, 1.807) is 79.9 Å². The SMILES string of the molecule is CNC.COc1cc(C=O)ccc1O.COc1cc(CN(C)C)cc(C(=O)c2ccccc2C(=O)O)c1O.COc1cc(CN(C)C)ccc1O.COc1cc(C[N+](C)(C)CCCS(=O)(=O)[O-])cc(C(=O)c2ccccc2C(=O)O)c1O.COc1cc(C[N+](C)(C)CCCS(=O)(=O)[O-])cc(C(=O)c2ccccc2C([NH-])=O)c1O.O=C1OC(=O)c2ccccc21.O=S1(=O)CCCO1.[CH3-].[CH3-].[NH2-].[Y].[Y]. The summed E-state index contributed by atoms with van der Waals surface area (Å²) in [5, 5.41) is 71.1. The normalized spacial score (nSPS) is 11.8. The zero-order valence-electron chi connectivity index (χ0n) is 78.6. The van der Waals surface area contributed by atoms with Crippen molar-refractivity contribution in [1.29, 1.82) is 0 Å². The number of carboxylic acids is 2. The van der Waals surface area contributed by atoms with E-state index in [0.29, 0.717) is 100 Å². The van der Waals surface area contributed by atoms with Gasteiger partial charge in [0.25, 0.3) is 10.1 Å². The third-order valence-corrected chi connectivity index (χ3v) is 21.4. The van der Waals surface area contributed by atoms with Gasteiger partial charge in [-0.3, -0.25) is 23.4 Å². The Morgan fingerprint density at radius 1 is 0.478 bits per heavy atom. The van der Waals surface area contributed by atoms with Crippen LogP contribution >= 0.6 is 0 Å². The van der Waals surface area contributed by atoms with Crippen LogP contribution in [0.2, 0.25) is 0 Å². The van der Waals surface area contributed by atoms with Crippen molar-refractivity contribution < 1.29 is 220 Å². The Labute approximate surface area is 843 Å². The summed E-state index contributed by atoms with van der Waals surface area (Å²) in [6, 6.07) is 43.1. The van der Waals surface area contributed by atoms with E-state index >= 15 is 0 Å². The zero-order valence-corrected chi connectivity index (χ0v) is 86.7. The fourth-order valence-electron chi connectivity index (χ4n) is 12.6. The van der Waals surface area contributed by atoms with Gasteiger partial charge < -0.3 is 129 Å². The Hall–Kier alpha value is -11.1. The molecule has 2 heterocycles. The van der Waals surface area contributed by atoms with Crippen LogP contribution in [0.15, 0.2) is 170 Å². The summed E-state index contributed by atoms with van der Waals surface area (Å²) in [6.07, 6.45) is 1.70. The van der Waals surface area contributed by atoms with Crippen molar-refractivity contribution in [3.63, 3.8) is 0 Å². The molecule has 1 amide bonds. The number of quaternary nitrogens is 2. The Balaban J connectivity index is 0. The number of carbonyl (C=O) groups is 9. The van der Waals surface area contributed by atoms with Crippen molar-refractivity contribution in [3.8, 4) is 57.5 Å². The number of fused-ring (bicyclic) bond motifs is 1. The Morgan fingerprint density at radius 2 is 0.787 bits per heavy atom. The molecule has 2 radical (unpaired) electrons. The maximum Gasteiger partial charge on any atom is 0.346 e. The van der Waals surface area contributed by atoms with Crippen LogP contribution in [0.5, 0.6) is 57.5 Å². The summed E-state index contributed by atoms with van der Waals surface area (Å²) in [6.45, 7) is 3.24. The van der Waals surface area contributed by atoms with E-state index in [1.165, 1.54) is 113 Å². The molecule has 0 atom stereocenters. The summed E-state index contributed by atoms with van der Waals surface area (Å²) in [5.41, 5.74) is 11.1. The molecule has 0 unspecified atom stereocenters. The van der Waals surface area contributed by atoms with Crippen molar-refractivity contribution >= 4 is 83.8 Å². The standard InChI is InChI=1S/C21H26N2O7S.C21H25NO8S.C18H19NO5.C10H15NO2.C8H4O3.C8H8O3.C3H6O3S.C2H7N.2CH3.H2N.2Y/c1-23(2,9-6-10-31(27,28)29)13-14-11-17(20(25)18(12-14)30-3)19(24)15-7-4-5-8-16(15)21(22)26;1-22(2,9-6-10-31(27,28)29)13-14-11-17(20(24)18(12-14)30-3)19(23)15-7-4-5-8-16(15)21(25)26;1-19(2)10-11-8-14(17(21)15(9-11)24-3)16(20)12-6-4-5-7-13(12)18(22)23;1-11(2)7-8-4-5-9(12)10(6-8)13-3;9-7-5-3-1-2-4-6(5)8(10)11-7;1-11-8-4-6(5-9)2-3-7(8)10;4-7(5)3-1-2-6-7;1-3-2;;;;;/h4-5,7-8,11-12H,6,9-10,13H2,1-3H3,(H3-,22,24,25,26,27,28,29);4-5,7-8,11-12H,6,9-10,13H2,1-3H3,(H2-,23,24,25,26,27,28,29);4-9,21H,10H2,1-3H3,(H,22,23);4-6,12H,7H2,1-3H3;1-4H;2-5,10H,1H3;1-3H2;3H,1-2H3;2*1H3;1H2;;/q;;;;;;;;3*-1;;/p-1. The number of ketones is 3. The first-order valence-electron chi connectivity index (χ1n) is 39.5. The Morgan fingerprint density at radius 3 is 1.10 bits per heavy atom. The molecule has 11 rings (SSSR count). The average molecular weight is 2100 g/mol. The number of aldehydes is 1. The number of rotatable bonds is 31. The summed E-state index contributed by atoms with van der Waals surface area (Å²) in [7, 11) is 14.3. The van der Waals surface area contributed by atoms with Crippen molar-refractivity contribution in [2.45, 2.75) is 45.4 Å². The molecule has 43 heteroatoms. The first kappa shape index (κ1) is 127. The topological polar surface area (TPSA) is 584 Å². The predicted molar refractivity (Wildman–Crippen MR) is 499 cm³/mol. The minimum Gasteiger partial charge on any atom is -0.748 e. The van der Waals surface area contributed by atoms with Gasteiger partial charge >= 0.3 is 23.9 Å². The van der Waals surface area contributed by atoms with E-state index in [2.05, 4.69) is 19.1 Å². The first-order valence-corrected chi connectivity index (χ1v) is 44.2. The number of nitrogens with zero attached hydrogens (tertiary/aromatic N) is 4. The summed E-state index contributed by atoms with van der Waals surface area (Å²) < 4.78 is 120. The van der Waals surface area contributed by atoms with Crippen LogP contribution in [0.3, 0.4) is 0 Å². The third kappa shape index (κ3) is 41.5. The number of nitrogens with two attached hydrogens (primary N) is 1. The quantitative estimate of drug-likeness (QED) is 0.00292. The number of aromatic hydroxyl groups is 5. The number of carboxylic acid groups (broad SMARTS) is 2. The minimum absolute atomic E-state index is 0. The molecule has 2 aliphatic heterocycles. The van der Waals surface area contributed by atoms with Gasteiger partial charge in [0.15, 0.2) is 74.8 Å². The number of cyclic esters (lactones) is 2. The molecular formula is C93H117N7O31S3Y2-4. The van der Waals surface area contributed by atoms with Crippen LogP contribution in [-0.4, -0.2) is 285 Å². The zero-order chi connectivity index (χ0) is 98.6. The minimum atomic E-state index is -4.30. The smallest absolute Gasteiger partial charge is 0.346 e.